The summed E-state index contributed by atoms with van der Waals surface area (Å²) in [6.07, 6.45) is 0. The van der Waals surface area contributed by atoms with Crippen LogP contribution in [-0.4, -0.2) is 7.11 Å². The van der Waals surface area contributed by atoms with E-state index in [4.69, 9.17) is 15.2 Å². The second kappa shape index (κ2) is 5.93. The van der Waals surface area contributed by atoms with Crippen LogP contribution in [0.3, 0.4) is 0 Å². The summed E-state index contributed by atoms with van der Waals surface area (Å²) in [7, 11) is 1.55. The Bertz CT molecular complexity index is 590. The fourth-order valence-corrected chi connectivity index (χ4v) is 1.96. The van der Waals surface area contributed by atoms with Gasteiger partial charge in [-0.3, -0.25) is 0 Å². The number of halogens is 2. The van der Waals surface area contributed by atoms with Crippen LogP contribution in [0.5, 0.6) is 11.5 Å². The summed E-state index contributed by atoms with van der Waals surface area (Å²) in [5.74, 6) is 0.409. The van der Waals surface area contributed by atoms with E-state index in [1.165, 1.54) is 6.07 Å². The topological polar surface area (TPSA) is 44.5 Å². The minimum Gasteiger partial charge on any atom is -0.495 e. The van der Waals surface area contributed by atoms with Gasteiger partial charge in [0.2, 0.25) is 0 Å². The normalized spacial score (nSPS) is 10.3. The van der Waals surface area contributed by atoms with Crippen LogP contribution in [-0.2, 0) is 6.61 Å². The van der Waals surface area contributed by atoms with Crippen molar-refractivity contribution in [2.45, 2.75) is 6.61 Å². The van der Waals surface area contributed by atoms with E-state index in [1.54, 1.807) is 31.4 Å². The summed E-state index contributed by atoms with van der Waals surface area (Å²) < 4.78 is 24.7. The van der Waals surface area contributed by atoms with Crippen molar-refractivity contribution in [2.24, 2.45) is 0 Å². The van der Waals surface area contributed by atoms with Crippen LogP contribution in [0.4, 0.5) is 10.1 Å². The van der Waals surface area contributed by atoms with Crippen LogP contribution in [0.15, 0.2) is 40.9 Å². The van der Waals surface area contributed by atoms with Gasteiger partial charge in [-0.25, -0.2) is 4.39 Å². The van der Waals surface area contributed by atoms with Crippen molar-refractivity contribution in [3.8, 4) is 11.5 Å². The van der Waals surface area contributed by atoms with Crippen LogP contribution in [0.2, 0.25) is 0 Å². The summed E-state index contributed by atoms with van der Waals surface area (Å²) in [4.78, 5) is 0. The molecule has 0 atom stereocenters. The zero-order valence-corrected chi connectivity index (χ0v) is 11.9. The molecule has 0 saturated heterocycles. The first-order chi connectivity index (χ1) is 9.10. The van der Waals surface area contributed by atoms with Crippen molar-refractivity contribution in [3.05, 3.63) is 52.3 Å². The molecule has 0 unspecified atom stereocenters. The Morgan fingerprint density at radius 1 is 1.16 bits per heavy atom. The van der Waals surface area contributed by atoms with Gasteiger partial charge in [0.25, 0.3) is 0 Å². The Kier molecular flexibility index (Phi) is 4.27. The van der Waals surface area contributed by atoms with Gasteiger partial charge in [0.05, 0.1) is 12.8 Å². The Balaban J connectivity index is 2.08. The molecule has 2 aromatic rings. The van der Waals surface area contributed by atoms with E-state index in [-0.39, 0.29) is 12.4 Å². The highest BCUT2D eigenvalue weighted by molar-refractivity contribution is 9.10. The molecule has 0 aliphatic carbocycles. The lowest BCUT2D eigenvalue weighted by molar-refractivity contribution is 0.290. The monoisotopic (exact) mass is 325 g/mol. The maximum absolute atomic E-state index is 13.6. The Morgan fingerprint density at radius 3 is 2.53 bits per heavy atom. The molecule has 0 aromatic heterocycles. The molecule has 0 radical (unpaired) electrons. The van der Waals surface area contributed by atoms with E-state index in [0.717, 1.165) is 5.56 Å². The van der Waals surface area contributed by atoms with Crippen molar-refractivity contribution in [1.29, 1.82) is 0 Å². The number of hydrogen-bond donors (Lipinski definition) is 1. The van der Waals surface area contributed by atoms with E-state index in [9.17, 15) is 4.39 Å². The lowest BCUT2D eigenvalue weighted by Crippen LogP contribution is -1.99. The average molecular weight is 326 g/mol. The second-order valence-corrected chi connectivity index (χ2v) is 4.86. The molecular formula is C14H13BrFNO2. The fourth-order valence-electron chi connectivity index (χ4n) is 1.63. The largest absolute Gasteiger partial charge is 0.495 e. The first-order valence-corrected chi connectivity index (χ1v) is 6.39. The van der Waals surface area contributed by atoms with Crippen LogP contribution in [0.1, 0.15) is 5.56 Å². The third-order valence-corrected chi connectivity index (χ3v) is 3.08. The van der Waals surface area contributed by atoms with Gasteiger partial charge in [-0.05, 0) is 35.9 Å². The smallest absolute Gasteiger partial charge is 0.166 e. The highest BCUT2D eigenvalue weighted by Crippen LogP contribution is 2.25. The third kappa shape index (κ3) is 3.38. The molecule has 0 amide bonds. The molecule has 0 saturated carbocycles. The molecule has 5 heteroatoms. The quantitative estimate of drug-likeness (QED) is 0.870. The van der Waals surface area contributed by atoms with Gasteiger partial charge in [-0.15, -0.1) is 0 Å². The summed E-state index contributed by atoms with van der Waals surface area (Å²) in [6.45, 7) is 0.243. The number of methoxy groups -OCH3 is 1. The maximum Gasteiger partial charge on any atom is 0.166 e. The van der Waals surface area contributed by atoms with Crippen LogP contribution < -0.4 is 15.2 Å². The molecule has 0 heterocycles. The zero-order valence-electron chi connectivity index (χ0n) is 10.3. The molecule has 0 aliphatic rings. The predicted molar refractivity (Wildman–Crippen MR) is 75.8 cm³/mol. The van der Waals surface area contributed by atoms with Gasteiger partial charge < -0.3 is 15.2 Å². The standard InChI is InChI=1S/C14H13BrFNO2/c1-18-14-4-2-9(6-12(14)17)8-19-13-5-3-10(15)7-11(13)16/h2-7H,8,17H2,1H3. The second-order valence-electron chi connectivity index (χ2n) is 3.94. The molecule has 2 N–H and O–H groups in total. The minimum atomic E-state index is -0.407. The van der Waals surface area contributed by atoms with Gasteiger partial charge in [0, 0.05) is 4.47 Å². The lowest BCUT2D eigenvalue weighted by Gasteiger charge is -2.09. The molecule has 3 nitrogen and oxygen atoms in total. The fraction of sp³-hybridized carbons (Fsp3) is 0.143. The van der Waals surface area contributed by atoms with Crippen LogP contribution in [0.25, 0.3) is 0 Å². The number of nitrogen functional groups attached to an aromatic ring is 1. The number of nitrogens with two attached hydrogens (primary N) is 1. The molecule has 2 rings (SSSR count). The van der Waals surface area contributed by atoms with Crippen LogP contribution in [0, 0.1) is 5.82 Å². The number of rotatable bonds is 4. The van der Waals surface area contributed by atoms with Crippen molar-refractivity contribution < 1.29 is 13.9 Å². The van der Waals surface area contributed by atoms with Gasteiger partial charge in [0.1, 0.15) is 12.4 Å². The molecule has 19 heavy (non-hydrogen) atoms. The third-order valence-electron chi connectivity index (χ3n) is 2.58. The maximum atomic E-state index is 13.6. The summed E-state index contributed by atoms with van der Waals surface area (Å²) in [5, 5.41) is 0. The van der Waals surface area contributed by atoms with E-state index < -0.39 is 5.82 Å². The molecule has 2 aromatic carbocycles. The average Bonchev–Trinajstić information content (AvgIpc) is 2.38. The Labute approximate surface area is 119 Å². The van der Waals surface area contributed by atoms with Gasteiger partial charge in [0.15, 0.2) is 11.6 Å². The van der Waals surface area contributed by atoms with Gasteiger partial charge in [-0.2, -0.15) is 0 Å². The Hall–Kier alpha value is -1.75. The molecule has 100 valence electrons. The van der Waals surface area contributed by atoms with Crippen molar-refractivity contribution in [2.75, 3.05) is 12.8 Å². The number of hydrogen-bond acceptors (Lipinski definition) is 3. The SMILES string of the molecule is COc1ccc(COc2ccc(Br)cc2F)cc1N. The van der Waals surface area contributed by atoms with E-state index in [1.807, 2.05) is 6.07 Å². The molecule has 0 bridgehead atoms. The molecular weight excluding hydrogens is 313 g/mol. The number of ether oxygens (including phenoxy) is 2. The van der Waals surface area contributed by atoms with Gasteiger partial charge >= 0.3 is 0 Å². The molecule has 0 fully saturated rings. The summed E-state index contributed by atoms with van der Waals surface area (Å²) in [5.41, 5.74) is 7.17. The number of benzene rings is 2. The number of anilines is 1. The lowest BCUT2D eigenvalue weighted by atomic mass is 10.2. The van der Waals surface area contributed by atoms with Crippen LogP contribution >= 0.6 is 15.9 Å². The van der Waals surface area contributed by atoms with Crippen molar-refractivity contribution in [3.63, 3.8) is 0 Å². The zero-order chi connectivity index (χ0) is 13.8. The molecule has 0 spiro atoms. The first-order valence-electron chi connectivity index (χ1n) is 5.60. The molecule has 0 aliphatic heterocycles. The predicted octanol–water partition coefficient (Wildman–Crippen LogP) is 3.76. The van der Waals surface area contributed by atoms with E-state index in [0.29, 0.717) is 15.9 Å². The minimum absolute atomic E-state index is 0.206. The Morgan fingerprint density at radius 2 is 1.89 bits per heavy atom. The van der Waals surface area contributed by atoms with Crippen molar-refractivity contribution in [1.82, 2.24) is 0 Å². The highest BCUT2D eigenvalue weighted by Gasteiger charge is 2.05. The van der Waals surface area contributed by atoms with E-state index >= 15 is 0 Å². The highest BCUT2D eigenvalue weighted by atomic mass is 79.9. The first kappa shape index (κ1) is 13.7. The summed E-state index contributed by atoms with van der Waals surface area (Å²) >= 11 is 3.19. The van der Waals surface area contributed by atoms with Crippen molar-refractivity contribution >= 4 is 21.6 Å². The van der Waals surface area contributed by atoms with Gasteiger partial charge in [-0.1, -0.05) is 22.0 Å². The summed E-state index contributed by atoms with van der Waals surface area (Å²) in [6, 6.07) is 9.98. The van der Waals surface area contributed by atoms with E-state index in [2.05, 4.69) is 15.9 Å².